The van der Waals surface area contributed by atoms with Crippen molar-refractivity contribution in [3.63, 3.8) is 0 Å². The molecule has 0 aromatic heterocycles. The van der Waals surface area contributed by atoms with Crippen LogP contribution in [0.25, 0.3) is 0 Å². The second-order valence-corrected chi connectivity index (χ2v) is 7.87. The standard InChI is InChI=1S/C9H19ClN2O2S2/c1-9-8-12(6-7-15-9)16(13,14)11(2)5-3-4-10/h9H,3-8H2,1-2H3. The molecule has 1 atom stereocenters. The van der Waals surface area contributed by atoms with Gasteiger partial charge in [-0.15, -0.1) is 11.6 Å². The van der Waals surface area contributed by atoms with E-state index < -0.39 is 10.2 Å². The first kappa shape index (κ1) is 14.6. The van der Waals surface area contributed by atoms with Crippen LogP contribution in [0.1, 0.15) is 13.3 Å². The van der Waals surface area contributed by atoms with Gasteiger partial charge in [0.05, 0.1) is 0 Å². The van der Waals surface area contributed by atoms with E-state index in [2.05, 4.69) is 6.92 Å². The van der Waals surface area contributed by atoms with Crippen LogP contribution in [0.15, 0.2) is 0 Å². The van der Waals surface area contributed by atoms with Crippen LogP contribution in [-0.4, -0.2) is 60.6 Å². The summed E-state index contributed by atoms with van der Waals surface area (Å²) in [4.78, 5) is 0. The van der Waals surface area contributed by atoms with Gasteiger partial charge in [-0.25, -0.2) is 0 Å². The van der Waals surface area contributed by atoms with Gasteiger partial charge in [-0.2, -0.15) is 28.8 Å². The second-order valence-electron chi connectivity index (χ2n) is 3.91. The molecule has 0 bridgehead atoms. The van der Waals surface area contributed by atoms with E-state index in [1.54, 1.807) is 11.4 Å². The van der Waals surface area contributed by atoms with Gasteiger partial charge < -0.3 is 0 Å². The van der Waals surface area contributed by atoms with Crippen LogP contribution < -0.4 is 0 Å². The van der Waals surface area contributed by atoms with Crippen molar-refractivity contribution in [2.45, 2.75) is 18.6 Å². The van der Waals surface area contributed by atoms with E-state index in [9.17, 15) is 8.42 Å². The molecule has 0 aromatic carbocycles. The molecule has 0 N–H and O–H groups in total. The Morgan fingerprint density at radius 3 is 2.81 bits per heavy atom. The third kappa shape index (κ3) is 3.77. The van der Waals surface area contributed by atoms with E-state index in [1.165, 1.54) is 4.31 Å². The van der Waals surface area contributed by atoms with E-state index in [1.807, 2.05) is 11.8 Å². The van der Waals surface area contributed by atoms with E-state index >= 15 is 0 Å². The molecule has 1 saturated heterocycles. The van der Waals surface area contributed by atoms with Gasteiger partial charge in [0.15, 0.2) is 0 Å². The number of nitrogens with zero attached hydrogens (tertiary/aromatic N) is 2. The predicted molar refractivity (Wildman–Crippen MR) is 70.4 cm³/mol. The molecule has 1 aliphatic heterocycles. The van der Waals surface area contributed by atoms with Crippen LogP contribution in [-0.2, 0) is 10.2 Å². The fourth-order valence-electron chi connectivity index (χ4n) is 1.59. The molecule has 1 rings (SSSR count). The number of hydrogen-bond acceptors (Lipinski definition) is 3. The first-order valence-electron chi connectivity index (χ1n) is 5.37. The van der Waals surface area contributed by atoms with Crippen molar-refractivity contribution in [1.82, 2.24) is 8.61 Å². The molecule has 1 heterocycles. The Bertz CT molecular complexity index is 311. The van der Waals surface area contributed by atoms with E-state index in [0.717, 1.165) is 5.75 Å². The zero-order valence-electron chi connectivity index (χ0n) is 9.73. The molecule has 4 nitrogen and oxygen atoms in total. The zero-order valence-corrected chi connectivity index (χ0v) is 12.1. The molecule has 0 radical (unpaired) electrons. The van der Waals surface area contributed by atoms with Crippen molar-refractivity contribution >= 4 is 33.6 Å². The van der Waals surface area contributed by atoms with Crippen molar-refractivity contribution in [2.24, 2.45) is 0 Å². The largest absolute Gasteiger partial charge is 0.281 e. The van der Waals surface area contributed by atoms with E-state index in [4.69, 9.17) is 11.6 Å². The van der Waals surface area contributed by atoms with Crippen molar-refractivity contribution in [3.05, 3.63) is 0 Å². The van der Waals surface area contributed by atoms with Gasteiger partial charge in [-0.3, -0.25) is 0 Å². The molecule has 0 saturated carbocycles. The lowest BCUT2D eigenvalue weighted by atomic mass is 10.4. The summed E-state index contributed by atoms with van der Waals surface area (Å²) in [7, 11) is -1.65. The average Bonchev–Trinajstić information content (AvgIpc) is 2.25. The summed E-state index contributed by atoms with van der Waals surface area (Å²) in [5.41, 5.74) is 0. The normalized spacial score (nSPS) is 23.9. The maximum Gasteiger partial charge on any atom is 0.281 e. The minimum absolute atomic E-state index is 0.380. The fourth-order valence-corrected chi connectivity index (χ4v) is 4.42. The number of alkyl halides is 1. The highest BCUT2D eigenvalue weighted by atomic mass is 35.5. The quantitative estimate of drug-likeness (QED) is 0.714. The zero-order chi connectivity index (χ0) is 12.2. The van der Waals surface area contributed by atoms with E-state index in [-0.39, 0.29) is 0 Å². The van der Waals surface area contributed by atoms with E-state index in [0.29, 0.717) is 37.2 Å². The number of halogens is 1. The molecular formula is C9H19ClN2O2S2. The van der Waals surface area contributed by atoms with Gasteiger partial charge in [0.1, 0.15) is 0 Å². The minimum Gasteiger partial charge on any atom is -0.195 e. The minimum atomic E-state index is -3.27. The van der Waals surface area contributed by atoms with Gasteiger partial charge in [-0.1, -0.05) is 6.92 Å². The highest BCUT2D eigenvalue weighted by Crippen LogP contribution is 2.21. The van der Waals surface area contributed by atoms with Gasteiger partial charge in [0.25, 0.3) is 10.2 Å². The summed E-state index contributed by atoms with van der Waals surface area (Å²) in [6.45, 7) is 3.77. The summed E-state index contributed by atoms with van der Waals surface area (Å²) in [5, 5.41) is 0.380. The molecule has 1 fully saturated rings. The second kappa shape index (κ2) is 6.44. The highest BCUT2D eigenvalue weighted by molar-refractivity contribution is 8.00. The Morgan fingerprint density at radius 1 is 1.56 bits per heavy atom. The Hall–Kier alpha value is 0.510. The summed E-state index contributed by atoms with van der Waals surface area (Å²) < 4.78 is 27.2. The summed E-state index contributed by atoms with van der Waals surface area (Å²) in [6.07, 6.45) is 0.690. The molecule has 0 aliphatic carbocycles. The number of thioether (sulfide) groups is 1. The summed E-state index contributed by atoms with van der Waals surface area (Å²) in [6, 6.07) is 0. The molecule has 7 heteroatoms. The van der Waals surface area contributed by atoms with Gasteiger partial charge in [0, 0.05) is 43.6 Å². The SMILES string of the molecule is CC1CN(S(=O)(=O)N(C)CCCCl)CCS1. The monoisotopic (exact) mass is 286 g/mol. The lowest BCUT2D eigenvalue weighted by Gasteiger charge is -2.32. The third-order valence-corrected chi connectivity index (χ3v) is 5.89. The van der Waals surface area contributed by atoms with Crippen LogP contribution >= 0.6 is 23.4 Å². The van der Waals surface area contributed by atoms with Gasteiger partial charge >= 0.3 is 0 Å². The topological polar surface area (TPSA) is 40.6 Å². The number of rotatable bonds is 5. The lowest BCUT2D eigenvalue weighted by molar-refractivity contribution is 0.366. The van der Waals surface area contributed by atoms with Crippen molar-refractivity contribution in [1.29, 1.82) is 0 Å². The highest BCUT2D eigenvalue weighted by Gasteiger charge is 2.30. The fraction of sp³-hybridized carbons (Fsp3) is 1.00. The van der Waals surface area contributed by atoms with Crippen LogP contribution in [0.3, 0.4) is 0 Å². The lowest BCUT2D eigenvalue weighted by Crippen LogP contribution is -2.47. The Labute approximate surface area is 107 Å². The van der Waals surface area contributed by atoms with Crippen LogP contribution in [0.2, 0.25) is 0 Å². The van der Waals surface area contributed by atoms with Crippen LogP contribution in [0.5, 0.6) is 0 Å². The summed E-state index contributed by atoms with van der Waals surface area (Å²) >= 11 is 7.39. The van der Waals surface area contributed by atoms with Crippen molar-refractivity contribution in [2.75, 3.05) is 38.3 Å². The molecule has 96 valence electrons. The molecule has 0 aromatic rings. The van der Waals surface area contributed by atoms with Crippen molar-refractivity contribution < 1.29 is 8.42 Å². The maximum atomic E-state index is 12.1. The van der Waals surface area contributed by atoms with Crippen LogP contribution in [0, 0.1) is 0 Å². The maximum absolute atomic E-state index is 12.1. The Balaban J connectivity index is 2.61. The predicted octanol–water partition coefficient (Wildman–Crippen LogP) is 1.23. The molecule has 16 heavy (non-hydrogen) atoms. The third-order valence-electron chi connectivity index (χ3n) is 2.53. The smallest absolute Gasteiger partial charge is 0.195 e. The Morgan fingerprint density at radius 2 is 2.25 bits per heavy atom. The summed E-state index contributed by atoms with van der Waals surface area (Å²) in [5.74, 6) is 1.37. The molecule has 0 amide bonds. The Kier molecular flexibility index (Phi) is 5.87. The van der Waals surface area contributed by atoms with Gasteiger partial charge in [-0.05, 0) is 6.42 Å². The number of hydrogen-bond donors (Lipinski definition) is 0. The molecular weight excluding hydrogens is 268 g/mol. The van der Waals surface area contributed by atoms with Crippen LogP contribution in [0.4, 0.5) is 0 Å². The van der Waals surface area contributed by atoms with Crippen molar-refractivity contribution in [3.8, 4) is 0 Å². The first-order valence-corrected chi connectivity index (χ1v) is 8.35. The van der Waals surface area contributed by atoms with Gasteiger partial charge in [0.2, 0.25) is 0 Å². The molecule has 1 aliphatic rings. The molecule has 1 unspecified atom stereocenters. The first-order chi connectivity index (χ1) is 7.48. The average molecular weight is 287 g/mol. The molecule has 0 spiro atoms.